The molecule has 0 bridgehead atoms. The first-order valence-corrected chi connectivity index (χ1v) is 15.3. The number of rotatable bonds is 9. The normalized spacial score (nSPS) is 19.9. The van der Waals surface area contributed by atoms with Gasteiger partial charge in [0, 0.05) is 23.7 Å². The van der Waals surface area contributed by atoms with E-state index >= 15 is 0 Å². The fourth-order valence-corrected chi connectivity index (χ4v) is 7.68. The monoisotopic (exact) mass is 595 g/mol. The van der Waals surface area contributed by atoms with Gasteiger partial charge in [-0.1, -0.05) is 25.0 Å². The molecule has 3 aliphatic rings. The van der Waals surface area contributed by atoms with Crippen LogP contribution in [0.5, 0.6) is 0 Å². The van der Waals surface area contributed by atoms with Crippen molar-refractivity contribution in [2.45, 2.75) is 75.3 Å². The van der Waals surface area contributed by atoms with Crippen molar-refractivity contribution in [3.63, 3.8) is 0 Å². The number of tetrazole rings is 1. The van der Waals surface area contributed by atoms with Crippen LogP contribution < -0.4 is 16.8 Å². The van der Waals surface area contributed by atoms with Gasteiger partial charge in [-0.15, -0.1) is 5.10 Å². The molecule has 0 spiro atoms. The third-order valence-corrected chi connectivity index (χ3v) is 9.84. The molecule has 2 fully saturated rings. The van der Waals surface area contributed by atoms with Gasteiger partial charge in [-0.05, 0) is 108 Å². The number of fused-ring (bicyclic) bond motifs is 2. The molecule has 44 heavy (non-hydrogen) atoms. The van der Waals surface area contributed by atoms with E-state index in [1.807, 2.05) is 24.3 Å². The predicted molar refractivity (Wildman–Crippen MR) is 160 cm³/mol. The van der Waals surface area contributed by atoms with Crippen molar-refractivity contribution in [3.05, 3.63) is 75.6 Å². The van der Waals surface area contributed by atoms with Gasteiger partial charge in [0.1, 0.15) is 6.04 Å². The first-order chi connectivity index (χ1) is 21.3. The lowest BCUT2D eigenvalue weighted by atomic mass is 9.66. The quantitative estimate of drug-likeness (QED) is 0.287. The Morgan fingerprint density at radius 3 is 2.18 bits per heavy atom. The highest BCUT2D eigenvalue weighted by atomic mass is 16.2. The summed E-state index contributed by atoms with van der Waals surface area (Å²) in [7, 11) is 0. The van der Waals surface area contributed by atoms with Crippen molar-refractivity contribution in [1.82, 2.24) is 30.8 Å². The first-order valence-electron chi connectivity index (χ1n) is 15.3. The Morgan fingerprint density at radius 2 is 1.64 bits per heavy atom. The molecule has 228 valence electrons. The van der Waals surface area contributed by atoms with Gasteiger partial charge in [-0.3, -0.25) is 14.4 Å². The number of nitriles is 1. The summed E-state index contributed by atoms with van der Waals surface area (Å²) in [6, 6.07) is 12.8. The minimum absolute atomic E-state index is 0.0775. The van der Waals surface area contributed by atoms with E-state index in [2.05, 4.69) is 32.0 Å². The Labute approximate surface area is 255 Å². The van der Waals surface area contributed by atoms with Crippen LogP contribution in [0.25, 0.3) is 0 Å². The number of likely N-dealkylation sites (tertiary alicyclic amines) is 1. The number of primary amides is 2. The number of hydrogen-bond donors (Lipinski definition) is 4. The summed E-state index contributed by atoms with van der Waals surface area (Å²) >= 11 is 0. The summed E-state index contributed by atoms with van der Waals surface area (Å²) in [5.41, 5.74) is 15.0. The molecule has 2 atom stereocenters. The van der Waals surface area contributed by atoms with E-state index in [0.717, 1.165) is 54.4 Å². The highest BCUT2D eigenvalue weighted by Crippen LogP contribution is 2.48. The molecule has 3 aromatic rings. The molecule has 2 heterocycles. The summed E-state index contributed by atoms with van der Waals surface area (Å²) in [6.07, 6.45) is 7.47. The maximum absolute atomic E-state index is 13.4. The van der Waals surface area contributed by atoms with E-state index in [0.29, 0.717) is 55.1 Å². The Hall–Kier alpha value is -4.63. The lowest BCUT2D eigenvalue weighted by molar-refractivity contribution is -0.130. The molecule has 12 nitrogen and oxygen atoms in total. The number of carbonyl (C=O) groups is 3. The highest BCUT2D eigenvalue weighted by Gasteiger charge is 2.47. The first kappa shape index (κ1) is 29.4. The Morgan fingerprint density at radius 1 is 1.00 bits per heavy atom. The number of amides is 3. The molecular weight excluding hydrogens is 558 g/mol. The third-order valence-electron chi connectivity index (χ3n) is 9.84. The molecule has 2 aromatic carbocycles. The van der Waals surface area contributed by atoms with Gasteiger partial charge in [0.15, 0.2) is 5.82 Å². The number of H-pyrrole nitrogens is 1. The summed E-state index contributed by atoms with van der Waals surface area (Å²) in [4.78, 5) is 39.5. The number of nitrogens with zero attached hydrogens (tertiary/aromatic N) is 5. The van der Waals surface area contributed by atoms with Crippen LogP contribution in [0, 0.1) is 17.2 Å². The number of aromatic amines is 1. The van der Waals surface area contributed by atoms with Crippen molar-refractivity contribution in [2.24, 2.45) is 17.4 Å². The summed E-state index contributed by atoms with van der Waals surface area (Å²) in [5, 5.41) is 28.7. The average molecular weight is 596 g/mol. The summed E-state index contributed by atoms with van der Waals surface area (Å²) in [5.74, 6) is -0.281. The second kappa shape index (κ2) is 12.2. The molecular formula is C32H37N9O3. The SMILES string of the molecule is N#CC1CCCN1C(=O)CN[C@H](CC1(c2nnn[nH]2)c2ccc(C(N)=O)cc2CCc2cc(C(N)=O)ccc21)C1CCCC1. The second-order valence-corrected chi connectivity index (χ2v) is 12.2. The zero-order valence-electron chi connectivity index (χ0n) is 24.6. The molecule has 1 saturated carbocycles. The maximum atomic E-state index is 13.4. The van der Waals surface area contributed by atoms with Crippen molar-refractivity contribution in [1.29, 1.82) is 5.26 Å². The van der Waals surface area contributed by atoms with Crippen molar-refractivity contribution < 1.29 is 14.4 Å². The van der Waals surface area contributed by atoms with Gasteiger partial charge >= 0.3 is 0 Å². The number of nitrogens with one attached hydrogen (secondary N) is 2. The predicted octanol–water partition coefficient (Wildman–Crippen LogP) is 1.88. The lowest BCUT2D eigenvalue weighted by Gasteiger charge is -2.39. The molecule has 1 unspecified atom stereocenters. The van der Waals surface area contributed by atoms with Crippen LogP contribution in [0.15, 0.2) is 36.4 Å². The largest absolute Gasteiger partial charge is 0.366 e. The van der Waals surface area contributed by atoms with E-state index < -0.39 is 17.2 Å². The van der Waals surface area contributed by atoms with E-state index in [9.17, 15) is 19.6 Å². The molecule has 6 rings (SSSR count). The second-order valence-electron chi connectivity index (χ2n) is 12.2. The zero-order chi connectivity index (χ0) is 30.8. The number of benzene rings is 2. The number of carbonyl (C=O) groups excluding carboxylic acids is 3. The minimum atomic E-state index is -0.914. The Bertz CT molecular complexity index is 1540. The van der Waals surface area contributed by atoms with Gasteiger partial charge in [0.25, 0.3) is 0 Å². The summed E-state index contributed by atoms with van der Waals surface area (Å²) < 4.78 is 0. The van der Waals surface area contributed by atoms with Crippen molar-refractivity contribution >= 4 is 17.7 Å². The Kier molecular flexibility index (Phi) is 8.14. The minimum Gasteiger partial charge on any atom is -0.366 e. The zero-order valence-corrected chi connectivity index (χ0v) is 24.6. The van der Waals surface area contributed by atoms with E-state index in [1.165, 1.54) is 0 Å². The fourth-order valence-electron chi connectivity index (χ4n) is 7.68. The lowest BCUT2D eigenvalue weighted by Crippen LogP contribution is -2.48. The molecule has 1 aromatic heterocycles. The molecule has 3 amide bonds. The molecule has 2 aliphatic carbocycles. The fraction of sp³-hybridized carbons (Fsp3) is 0.469. The topological polar surface area (TPSA) is 197 Å². The van der Waals surface area contributed by atoms with E-state index in [4.69, 9.17) is 11.5 Å². The van der Waals surface area contributed by atoms with Crippen LogP contribution in [-0.2, 0) is 23.1 Å². The average Bonchev–Trinajstić information content (AvgIpc) is 3.82. The number of aromatic nitrogens is 4. The number of nitrogens with two attached hydrogens (primary N) is 2. The molecule has 12 heteroatoms. The molecule has 6 N–H and O–H groups in total. The summed E-state index contributed by atoms with van der Waals surface area (Å²) in [6.45, 7) is 0.705. The molecule has 1 aliphatic heterocycles. The van der Waals surface area contributed by atoms with Gasteiger partial charge in [0.2, 0.25) is 17.7 Å². The standard InChI is InChI=1S/C32H37N9O3/c33-17-24-6-3-13-41(24)28(42)18-36-27(19-4-1-2-5-19)16-32(31-37-39-40-38-31)25-11-9-22(29(34)43)14-20(25)7-8-21-15-23(30(35)44)10-12-26(21)32/h9-12,14-15,19,24,27,36H,1-8,13,16,18H2,(H2,34,43)(H2,35,44)(H,37,38,39,40)/t24?,27-/m1/s1. The number of hydrogen-bond acceptors (Lipinski definition) is 8. The maximum Gasteiger partial charge on any atom is 0.248 e. The van der Waals surface area contributed by atoms with Crippen LogP contribution in [-0.4, -0.2) is 68.4 Å². The van der Waals surface area contributed by atoms with Gasteiger partial charge < -0.3 is 21.7 Å². The van der Waals surface area contributed by atoms with Crippen molar-refractivity contribution in [3.8, 4) is 6.07 Å². The van der Waals surface area contributed by atoms with Gasteiger partial charge in [0.05, 0.1) is 18.0 Å². The third kappa shape index (κ3) is 5.32. The van der Waals surface area contributed by atoms with E-state index in [1.54, 1.807) is 17.0 Å². The highest BCUT2D eigenvalue weighted by molar-refractivity contribution is 5.94. The van der Waals surface area contributed by atoms with Crippen molar-refractivity contribution in [2.75, 3.05) is 13.1 Å². The van der Waals surface area contributed by atoms with Gasteiger partial charge in [-0.2, -0.15) is 5.26 Å². The van der Waals surface area contributed by atoms with Crippen LogP contribution in [0.3, 0.4) is 0 Å². The van der Waals surface area contributed by atoms with E-state index in [-0.39, 0.29) is 24.5 Å². The van der Waals surface area contributed by atoms with Crippen LogP contribution >= 0.6 is 0 Å². The van der Waals surface area contributed by atoms with Crippen LogP contribution in [0.2, 0.25) is 0 Å². The smallest absolute Gasteiger partial charge is 0.248 e. The number of aryl methyl sites for hydroxylation is 2. The molecule has 0 radical (unpaired) electrons. The molecule has 1 saturated heterocycles. The van der Waals surface area contributed by atoms with Crippen LogP contribution in [0.4, 0.5) is 0 Å². The van der Waals surface area contributed by atoms with Gasteiger partial charge in [-0.25, -0.2) is 5.10 Å². The van der Waals surface area contributed by atoms with Crippen LogP contribution in [0.1, 0.15) is 93.7 Å². The Balaban J connectivity index is 1.48.